The molecule has 2 aromatic rings. The second-order valence-corrected chi connectivity index (χ2v) is 4.67. The maximum atomic E-state index is 12.5. The Morgan fingerprint density at radius 2 is 1.91 bits per heavy atom. The van der Waals surface area contributed by atoms with Gasteiger partial charge >= 0.3 is 0 Å². The van der Waals surface area contributed by atoms with Crippen LogP contribution in [0.5, 0.6) is 5.75 Å². The molecule has 0 bridgehead atoms. The highest BCUT2D eigenvalue weighted by atomic mass is 16.5. The van der Waals surface area contributed by atoms with Crippen LogP contribution in [0.1, 0.15) is 26.5 Å². The van der Waals surface area contributed by atoms with Gasteiger partial charge in [-0.05, 0) is 19.1 Å². The molecule has 0 atom stereocenters. The van der Waals surface area contributed by atoms with Gasteiger partial charge in [-0.2, -0.15) is 5.10 Å². The van der Waals surface area contributed by atoms with Crippen LogP contribution in [0.3, 0.4) is 0 Å². The van der Waals surface area contributed by atoms with Gasteiger partial charge in [0.15, 0.2) is 0 Å². The monoisotopic (exact) mass is 302 g/mol. The van der Waals surface area contributed by atoms with E-state index in [9.17, 15) is 9.59 Å². The minimum atomic E-state index is -0.362. The Balaban J connectivity index is 2.39. The largest absolute Gasteiger partial charge is 0.496 e. The number of nitrogens with zero attached hydrogens (tertiary/aromatic N) is 2. The topological polar surface area (TPSA) is 85.2 Å². The van der Waals surface area contributed by atoms with Crippen LogP contribution >= 0.6 is 0 Å². The van der Waals surface area contributed by atoms with Crippen molar-refractivity contribution in [3.05, 3.63) is 41.2 Å². The number of aryl methyl sites for hydroxylation is 2. The van der Waals surface area contributed by atoms with E-state index < -0.39 is 0 Å². The highest BCUT2D eigenvalue weighted by molar-refractivity contribution is 6.10. The van der Waals surface area contributed by atoms with Gasteiger partial charge < -0.3 is 15.4 Å². The number of carbonyl (C=O) groups excluding carboxylic acids is 2. The number of benzene rings is 1. The predicted octanol–water partition coefficient (Wildman–Crippen LogP) is 1.35. The molecule has 0 radical (unpaired) electrons. The van der Waals surface area contributed by atoms with Crippen molar-refractivity contribution in [3.63, 3.8) is 0 Å². The summed E-state index contributed by atoms with van der Waals surface area (Å²) < 4.78 is 6.61. The lowest BCUT2D eigenvalue weighted by Crippen LogP contribution is -2.24. The number of hydrogen-bond donors (Lipinski definition) is 2. The van der Waals surface area contributed by atoms with Crippen LogP contribution in [0.25, 0.3) is 0 Å². The van der Waals surface area contributed by atoms with E-state index in [0.717, 1.165) is 0 Å². The fraction of sp³-hybridized carbons (Fsp3) is 0.267. The van der Waals surface area contributed by atoms with Crippen LogP contribution in [0.4, 0.5) is 5.69 Å². The fourth-order valence-electron chi connectivity index (χ4n) is 2.20. The molecular weight excluding hydrogens is 284 g/mol. The lowest BCUT2D eigenvalue weighted by atomic mass is 10.1. The first kappa shape index (κ1) is 15.6. The Morgan fingerprint density at radius 1 is 1.23 bits per heavy atom. The molecule has 0 aliphatic rings. The zero-order valence-corrected chi connectivity index (χ0v) is 12.9. The molecule has 2 amide bonds. The van der Waals surface area contributed by atoms with Crippen LogP contribution in [0, 0.1) is 6.92 Å². The number of carbonyl (C=O) groups is 2. The van der Waals surface area contributed by atoms with Crippen LogP contribution in [-0.2, 0) is 7.05 Å². The van der Waals surface area contributed by atoms with E-state index in [2.05, 4.69) is 15.7 Å². The molecule has 0 aliphatic carbocycles. The van der Waals surface area contributed by atoms with Gasteiger partial charge in [0.1, 0.15) is 11.4 Å². The summed E-state index contributed by atoms with van der Waals surface area (Å²) in [6.07, 6.45) is 0. The van der Waals surface area contributed by atoms with Crippen LogP contribution in [0.15, 0.2) is 24.3 Å². The van der Waals surface area contributed by atoms with Crippen LogP contribution in [0.2, 0.25) is 0 Å². The summed E-state index contributed by atoms with van der Waals surface area (Å²) in [5.41, 5.74) is 1.63. The number of methoxy groups -OCH3 is 1. The molecule has 0 saturated carbocycles. The Morgan fingerprint density at radius 3 is 2.55 bits per heavy atom. The highest BCUT2D eigenvalue weighted by Gasteiger charge is 2.22. The van der Waals surface area contributed by atoms with Crippen LogP contribution < -0.4 is 15.4 Å². The normalized spacial score (nSPS) is 10.2. The Labute approximate surface area is 128 Å². The van der Waals surface area contributed by atoms with Crippen molar-refractivity contribution in [2.24, 2.45) is 7.05 Å². The van der Waals surface area contributed by atoms with E-state index in [0.29, 0.717) is 28.4 Å². The molecule has 2 rings (SSSR count). The standard InChI is InChI=1S/C15H18N4O3/c1-9-12(13(15(21)16-2)19(3)18-9)17-14(20)10-7-5-6-8-11(10)22-4/h5-8H,1-4H3,(H,16,21)(H,17,20). The summed E-state index contributed by atoms with van der Waals surface area (Å²) in [6.45, 7) is 1.73. The second kappa shape index (κ2) is 6.30. The van der Waals surface area contributed by atoms with Gasteiger partial charge in [-0.3, -0.25) is 14.3 Å². The Bertz CT molecular complexity index is 722. The van der Waals surface area contributed by atoms with Crippen molar-refractivity contribution in [2.45, 2.75) is 6.92 Å². The third-order valence-corrected chi connectivity index (χ3v) is 3.25. The molecule has 1 aromatic carbocycles. The quantitative estimate of drug-likeness (QED) is 0.892. The first-order chi connectivity index (χ1) is 10.5. The van der Waals surface area contributed by atoms with Gasteiger partial charge in [-0.1, -0.05) is 12.1 Å². The number of aromatic nitrogens is 2. The van der Waals surface area contributed by atoms with Gasteiger partial charge in [0.2, 0.25) is 0 Å². The first-order valence-corrected chi connectivity index (χ1v) is 6.69. The second-order valence-electron chi connectivity index (χ2n) is 4.67. The average molecular weight is 302 g/mol. The van der Waals surface area contributed by atoms with E-state index in [4.69, 9.17) is 4.74 Å². The molecule has 0 unspecified atom stereocenters. The third kappa shape index (κ3) is 2.78. The summed E-state index contributed by atoms with van der Waals surface area (Å²) in [4.78, 5) is 24.4. The van der Waals surface area contributed by atoms with Crippen molar-refractivity contribution in [1.82, 2.24) is 15.1 Å². The minimum absolute atomic E-state index is 0.295. The number of para-hydroxylation sites is 1. The Kier molecular flexibility index (Phi) is 4.45. The molecular formula is C15H18N4O3. The molecule has 7 nitrogen and oxygen atoms in total. The first-order valence-electron chi connectivity index (χ1n) is 6.69. The van der Waals surface area contributed by atoms with Crippen molar-refractivity contribution in [2.75, 3.05) is 19.5 Å². The smallest absolute Gasteiger partial charge is 0.271 e. The number of amides is 2. The number of rotatable bonds is 4. The zero-order valence-electron chi connectivity index (χ0n) is 12.9. The third-order valence-electron chi connectivity index (χ3n) is 3.25. The van der Waals surface area contributed by atoms with Crippen molar-refractivity contribution < 1.29 is 14.3 Å². The lowest BCUT2D eigenvalue weighted by molar-refractivity contribution is 0.0954. The summed E-state index contributed by atoms with van der Waals surface area (Å²) in [7, 11) is 4.67. The molecule has 0 fully saturated rings. The van der Waals surface area contributed by atoms with E-state index in [1.54, 1.807) is 38.2 Å². The molecule has 116 valence electrons. The number of anilines is 1. The molecule has 1 heterocycles. The van der Waals surface area contributed by atoms with Crippen LogP contribution in [-0.4, -0.2) is 35.8 Å². The maximum absolute atomic E-state index is 12.5. The summed E-state index contributed by atoms with van der Waals surface area (Å²) in [5.74, 6) is -0.222. The molecule has 0 saturated heterocycles. The van der Waals surface area contributed by atoms with Gasteiger partial charge in [-0.25, -0.2) is 0 Å². The SMILES string of the molecule is CNC(=O)c1c(NC(=O)c2ccccc2OC)c(C)nn1C. The Hall–Kier alpha value is -2.83. The number of nitrogens with one attached hydrogen (secondary N) is 2. The van der Waals surface area contributed by atoms with E-state index in [1.807, 2.05) is 0 Å². The lowest BCUT2D eigenvalue weighted by Gasteiger charge is -2.10. The fourth-order valence-corrected chi connectivity index (χ4v) is 2.20. The van der Waals surface area contributed by atoms with Gasteiger partial charge in [0.05, 0.1) is 24.1 Å². The van der Waals surface area contributed by atoms with Gasteiger partial charge in [0.25, 0.3) is 11.8 Å². The maximum Gasteiger partial charge on any atom is 0.271 e. The molecule has 0 spiro atoms. The summed E-state index contributed by atoms with van der Waals surface area (Å²) in [5, 5.41) is 9.46. The van der Waals surface area contributed by atoms with Crippen molar-refractivity contribution in [3.8, 4) is 5.75 Å². The van der Waals surface area contributed by atoms with E-state index in [-0.39, 0.29) is 11.8 Å². The van der Waals surface area contributed by atoms with Crippen molar-refractivity contribution >= 4 is 17.5 Å². The average Bonchev–Trinajstić information content (AvgIpc) is 2.80. The molecule has 0 aliphatic heterocycles. The summed E-state index contributed by atoms with van der Waals surface area (Å²) in [6, 6.07) is 6.87. The number of ether oxygens (including phenoxy) is 1. The number of hydrogen-bond acceptors (Lipinski definition) is 4. The minimum Gasteiger partial charge on any atom is -0.496 e. The molecule has 22 heavy (non-hydrogen) atoms. The molecule has 7 heteroatoms. The van der Waals surface area contributed by atoms with Gasteiger partial charge in [0, 0.05) is 14.1 Å². The van der Waals surface area contributed by atoms with Gasteiger partial charge in [-0.15, -0.1) is 0 Å². The highest BCUT2D eigenvalue weighted by Crippen LogP contribution is 2.23. The predicted molar refractivity (Wildman–Crippen MR) is 82.3 cm³/mol. The van der Waals surface area contributed by atoms with Crippen molar-refractivity contribution in [1.29, 1.82) is 0 Å². The molecule has 2 N–H and O–H groups in total. The van der Waals surface area contributed by atoms with E-state index >= 15 is 0 Å². The van der Waals surface area contributed by atoms with E-state index in [1.165, 1.54) is 18.8 Å². The zero-order chi connectivity index (χ0) is 16.3. The molecule has 1 aromatic heterocycles. The summed E-state index contributed by atoms with van der Waals surface area (Å²) >= 11 is 0.